The van der Waals surface area contributed by atoms with Gasteiger partial charge >= 0.3 is 0 Å². The number of nitrogens with one attached hydrogen (secondary N) is 1. The van der Waals surface area contributed by atoms with Crippen LogP contribution in [0.4, 0.5) is 5.69 Å². The fourth-order valence-corrected chi connectivity index (χ4v) is 3.13. The number of aryl methyl sites for hydroxylation is 1. The molecular weight excluding hydrogens is 352 g/mol. The van der Waals surface area contributed by atoms with Crippen LogP contribution >= 0.6 is 15.9 Å². The Balaban J connectivity index is 0.00000220. The number of rotatable bonds is 4. The molecule has 1 aromatic rings. The molecule has 0 saturated heterocycles. The summed E-state index contributed by atoms with van der Waals surface area (Å²) in [4.78, 5) is 14.3. The first-order valence-corrected chi connectivity index (χ1v) is 8.12. The second-order valence-electron chi connectivity index (χ2n) is 5.72. The van der Waals surface area contributed by atoms with Gasteiger partial charge in [-0.15, -0.1) is 0 Å². The molecular formula is C16H23BrClN2O-. The van der Waals surface area contributed by atoms with E-state index in [1.807, 2.05) is 25.1 Å². The second kappa shape index (κ2) is 8.76. The largest absolute Gasteiger partial charge is 1.00 e. The summed E-state index contributed by atoms with van der Waals surface area (Å²) < 4.78 is 1.02. The summed E-state index contributed by atoms with van der Waals surface area (Å²) in [5, 5.41) is 2.97. The number of amides is 1. The zero-order chi connectivity index (χ0) is 14.5. The molecule has 1 aliphatic carbocycles. The molecule has 0 aliphatic heterocycles. The van der Waals surface area contributed by atoms with Crippen LogP contribution in [0.15, 0.2) is 22.7 Å². The standard InChI is InChI=1S/C16H23BrN2O.ClH/c1-12-8-9-13(10-15(12)17)18-16(20)11-19(2)14-6-4-3-5-7-14;/h8-10,14H,3-7,11H2,1-2H3,(H,18,20);1H/p-1. The molecule has 1 N–H and O–H groups in total. The van der Waals surface area contributed by atoms with Crippen molar-refractivity contribution in [1.29, 1.82) is 0 Å². The fraction of sp³-hybridized carbons (Fsp3) is 0.562. The minimum absolute atomic E-state index is 0. The lowest BCUT2D eigenvalue weighted by molar-refractivity contribution is -0.117. The van der Waals surface area contributed by atoms with Crippen molar-refractivity contribution >= 4 is 27.5 Å². The third-order valence-electron chi connectivity index (χ3n) is 4.05. The Hall–Kier alpha value is -0.580. The van der Waals surface area contributed by atoms with Gasteiger partial charge in [0.25, 0.3) is 0 Å². The maximum atomic E-state index is 12.1. The quantitative estimate of drug-likeness (QED) is 0.851. The summed E-state index contributed by atoms with van der Waals surface area (Å²) in [5.41, 5.74) is 2.02. The molecule has 1 fully saturated rings. The van der Waals surface area contributed by atoms with Crippen molar-refractivity contribution in [2.75, 3.05) is 18.9 Å². The van der Waals surface area contributed by atoms with Gasteiger partial charge in [0, 0.05) is 16.2 Å². The number of hydrogen-bond donors (Lipinski definition) is 1. The van der Waals surface area contributed by atoms with E-state index in [9.17, 15) is 4.79 Å². The van der Waals surface area contributed by atoms with Crippen molar-refractivity contribution < 1.29 is 17.2 Å². The zero-order valence-electron chi connectivity index (χ0n) is 12.7. The van der Waals surface area contributed by atoms with E-state index in [0.717, 1.165) is 10.2 Å². The van der Waals surface area contributed by atoms with Crippen LogP contribution in [0.5, 0.6) is 0 Å². The van der Waals surface area contributed by atoms with E-state index in [2.05, 4.69) is 33.2 Å². The van der Waals surface area contributed by atoms with Crippen molar-refractivity contribution in [3.63, 3.8) is 0 Å². The Morgan fingerprint density at radius 3 is 2.62 bits per heavy atom. The molecule has 1 aliphatic rings. The lowest BCUT2D eigenvalue weighted by atomic mass is 9.94. The van der Waals surface area contributed by atoms with Crippen molar-refractivity contribution in [2.45, 2.75) is 45.1 Å². The maximum Gasteiger partial charge on any atom is 0.238 e. The van der Waals surface area contributed by atoms with Gasteiger partial charge < -0.3 is 17.7 Å². The summed E-state index contributed by atoms with van der Waals surface area (Å²) in [6.45, 7) is 2.50. The highest BCUT2D eigenvalue weighted by Crippen LogP contribution is 2.22. The minimum Gasteiger partial charge on any atom is -1.00 e. The Morgan fingerprint density at radius 2 is 2.00 bits per heavy atom. The number of hydrogen-bond acceptors (Lipinski definition) is 2. The fourth-order valence-electron chi connectivity index (χ4n) is 2.75. The second-order valence-corrected chi connectivity index (χ2v) is 6.57. The van der Waals surface area contributed by atoms with Crippen molar-refractivity contribution in [3.8, 4) is 0 Å². The molecule has 0 radical (unpaired) electrons. The molecule has 1 saturated carbocycles. The summed E-state index contributed by atoms with van der Waals surface area (Å²) >= 11 is 3.49. The van der Waals surface area contributed by atoms with Crippen LogP contribution in [0, 0.1) is 6.92 Å². The molecule has 0 bridgehead atoms. The van der Waals surface area contributed by atoms with Gasteiger partial charge in [0.2, 0.25) is 5.91 Å². The summed E-state index contributed by atoms with van der Waals surface area (Å²) in [5.74, 6) is 0.0637. The van der Waals surface area contributed by atoms with Gasteiger partial charge in [-0.1, -0.05) is 41.3 Å². The third kappa shape index (κ3) is 5.61. The summed E-state index contributed by atoms with van der Waals surface area (Å²) in [6.07, 6.45) is 6.37. The zero-order valence-corrected chi connectivity index (χ0v) is 15.0. The van der Waals surface area contributed by atoms with E-state index in [4.69, 9.17) is 0 Å². The highest BCUT2D eigenvalue weighted by Gasteiger charge is 2.19. The van der Waals surface area contributed by atoms with Crippen LogP contribution in [0.1, 0.15) is 37.7 Å². The first-order chi connectivity index (χ1) is 9.56. The number of halogens is 2. The van der Waals surface area contributed by atoms with Crippen LogP contribution < -0.4 is 17.7 Å². The molecule has 0 spiro atoms. The molecule has 1 aromatic carbocycles. The van der Waals surface area contributed by atoms with E-state index in [1.165, 1.54) is 37.7 Å². The van der Waals surface area contributed by atoms with Gasteiger partial charge in [-0.3, -0.25) is 9.69 Å². The van der Waals surface area contributed by atoms with Crippen molar-refractivity contribution in [2.24, 2.45) is 0 Å². The predicted octanol–water partition coefficient (Wildman–Crippen LogP) is 0.965. The third-order valence-corrected chi connectivity index (χ3v) is 4.90. The van der Waals surface area contributed by atoms with Crippen LogP contribution in [-0.2, 0) is 4.79 Å². The maximum absolute atomic E-state index is 12.1. The molecule has 118 valence electrons. The smallest absolute Gasteiger partial charge is 0.238 e. The molecule has 5 heteroatoms. The molecule has 1 amide bonds. The van der Waals surface area contributed by atoms with E-state index < -0.39 is 0 Å². The number of nitrogens with zero attached hydrogens (tertiary/aromatic N) is 1. The number of carbonyl (C=O) groups is 1. The predicted molar refractivity (Wildman–Crippen MR) is 87.0 cm³/mol. The number of carbonyl (C=O) groups excluding carboxylic acids is 1. The average Bonchev–Trinajstić information content (AvgIpc) is 2.44. The van der Waals surface area contributed by atoms with E-state index in [0.29, 0.717) is 12.6 Å². The van der Waals surface area contributed by atoms with Crippen molar-refractivity contribution in [3.05, 3.63) is 28.2 Å². The monoisotopic (exact) mass is 373 g/mol. The minimum atomic E-state index is 0. The first-order valence-electron chi connectivity index (χ1n) is 7.32. The van der Waals surface area contributed by atoms with Crippen molar-refractivity contribution in [1.82, 2.24) is 4.90 Å². The van der Waals surface area contributed by atoms with Gasteiger partial charge in [0.05, 0.1) is 6.54 Å². The first kappa shape index (κ1) is 18.5. The van der Waals surface area contributed by atoms with Gasteiger partial charge in [0.1, 0.15) is 0 Å². The molecule has 0 heterocycles. The Kier molecular flexibility index (Phi) is 7.71. The SMILES string of the molecule is Cc1ccc(NC(=O)CN(C)C2CCCCC2)cc1Br.[Cl-]. The average molecular weight is 375 g/mol. The van der Waals surface area contributed by atoms with Gasteiger partial charge in [-0.25, -0.2) is 0 Å². The highest BCUT2D eigenvalue weighted by atomic mass is 79.9. The van der Waals surface area contributed by atoms with Gasteiger partial charge in [0.15, 0.2) is 0 Å². The Morgan fingerprint density at radius 1 is 1.33 bits per heavy atom. The Bertz CT molecular complexity index is 475. The molecule has 0 atom stereocenters. The van der Waals surface area contributed by atoms with Crippen LogP contribution in [0.25, 0.3) is 0 Å². The van der Waals surface area contributed by atoms with Gasteiger partial charge in [-0.05, 0) is 44.5 Å². The van der Waals surface area contributed by atoms with E-state index in [-0.39, 0.29) is 18.3 Å². The lowest BCUT2D eigenvalue weighted by Gasteiger charge is -2.30. The van der Waals surface area contributed by atoms with Crippen LogP contribution in [-0.4, -0.2) is 30.4 Å². The summed E-state index contributed by atoms with van der Waals surface area (Å²) in [7, 11) is 2.06. The molecule has 21 heavy (non-hydrogen) atoms. The number of likely N-dealkylation sites (N-methyl/N-ethyl adjacent to an activating group) is 1. The molecule has 0 aromatic heterocycles. The highest BCUT2D eigenvalue weighted by molar-refractivity contribution is 9.10. The Labute approximate surface area is 142 Å². The summed E-state index contributed by atoms with van der Waals surface area (Å²) in [6, 6.07) is 6.47. The number of anilines is 1. The number of benzene rings is 1. The normalized spacial score (nSPS) is 15.6. The van der Waals surface area contributed by atoms with Gasteiger partial charge in [-0.2, -0.15) is 0 Å². The molecule has 3 nitrogen and oxygen atoms in total. The van der Waals surface area contributed by atoms with Crippen LogP contribution in [0.3, 0.4) is 0 Å². The van der Waals surface area contributed by atoms with E-state index >= 15 is 0 Å². The lowest BCUT2D eigenvalue weighted by Crippen LogP contribution is -3.00. The topological polar surface area (TPSA) is 32.3 Å². The molecule has 0 unspecified atom stereocenters. The van der Waals surface area contributed by atoms with E-state index in [1.54, 1.807) is 0 Å². The molecule has 2 rings (SSSR count). The van der Waals surface area contributed by atoms with Crippen LogP contribution in [0.2, 0.25) is 0 Å².